The number of aromatic nitrogens is 3. The average Bonchev–Trinajstić information content (AvgIpc) is 3.07. The van der Waals surface area contributed by atoms with E-state index in [-0.39, 0.29) is 17.7 Å². The number of nitrogens with one attached hydrogen (secondary N) is 1. The van der Waals surface area contributed by atoms with E-state index in [1.165, 1.54) is 11.3 Å². The van der Waals surface area contributed by atoms with Crippen molar-refractivity contribution < 1.29 is 13.6 Å². The van der Waals surface area contributed by atoms with Crippen LogP contribution in [0.3, 0.4) is 0 Å². The van der Waals surface area contributed by atoms with Gasteiger partial charge in [-0.05, 0) is 30.0 Å². The first-order chi connectivity index (χ1) is 12.4. The third-order valence-corrected chi connectivity index (χ3v) is 5.08. The van der Waals surface area contributed by atoms with E-state index >= 15 is 0 Å². The summed E-state index contributed by atoms with van der Waals surface area (Å²) in [5.74, 6) is -3.03. The zero-order valence-electron chi connectivity index (χ0n) is 13.8. The van der Waals surface area contributed by atoms with Gasteiger partial charge in [-0.2, -0.15) is 0 Å². The Morgan fingerprint density at radius 3 is 2.85 bits per heavy atom. The molecule has 1 atom stereocenters. The van der Waals surface area contributed by atoms with Crippen LogP contribution in [0.5, 0.6) is 0 Å². The monoisotopic (exact) mass is 375 g/mol. The molecule has 0 radical (unpaired) electrons. The van der Waals surface area contributed by atoms with Gasteiger partial charge in [0.25, 0.3) is 11.8 Å². The molecule has 6 nitrogen and oxygen atoms in total. The van der Waals surface area contributed by atoms with Gasteiger partial charge >= 0.3 is 0 Å². The van der Waals surface area contributed by atoms with Gasteiger partial charge in [-0.1, -0.05) is 6.07 Å². The van der Waals surface area contributed by atoms with Gasteiger partial charge in [-0.25, -0.2) is 18.7 Å². The topological polar surface area (TPSA) is 71.0 Å². The molecule has 3 aromatic rings. The Bertz CT molecular complexity index is 954. The number of pyridine rings is 1. The van der Waals surface area contributed by atoms with Crippen molar-refractivity contribution in [3.05, 3.63) is 47.2 Å². The van der Waals surface area contributed by atoms with E-state index in [0.717, 1.165) is 10.5 Å². The maximum absolute atomic E-state index is 13.1. The Labute approximate surface area is 151 Å². The van der Waals surface area contributed by atoms with E-state index in [4.69, 9.17) is 0 Å². The van der Waals surface area contributed by atoms with Crippen molar-refractivity contribution in [3.8, 4) is 0 Å². The lowest BCUT2D eigenvalue weighted by molar-refractivity contribution is -0.113. The summed E-state index contributed by atoms with van der Waals surface area (Å²) < 4.78 is 26.8. The molecule has 1 amide bonds. The summed E-state index contributed by atoms with van der Waals surface area (Å²) in [5, 5.41) is 4.95. The lowest BCUT2D eigenvalue weighted by Crippen LogP contribution is -2.58. The van der Waals surface area contributed by atoms with Gasteiger partial charge in [-0.3, -0.25) is 9.78 Å². The van der Waals surface area contributed by atoms with Crippen molar-refractivity contribution >= 4 is 33.4 Å². The number of hydrogen-bond acceptors (Lipinski definition) is 6. The van der Waals surface area contributed by atoms with Gasteiger partial charge in [0.2, 0.25) is 5.95 Å². The van der Waals surface area contributed by atoms with Crippen LogP contribution in [0.4, 0.5) is 14.7 Å². The number of likely N-dealkylation sites (tertiary alicyclic amines) is 1. The van der Waals surface area contributed by atoms with Crippen LogP contribution in [-0.4, -0.2) is 44.8 Å². The largest absolute Gasteiger partial charge is 0.348 e. The number of alkyl halides is 2. The number of nitrogens with zero attached hydrogens (tertiary/aromatic N) is 4. The first kappa shape index (κ1) is 16.8. The molecule has 0 aromatic carbocycles. The molecule has 1 aliphatic rings. The van der Waals surface area contributed by atoms with Crippen molar-refractivity contribution in [2.75, 3.05) is 18.4 Å². The number of hydrogen-bond donors (Lipinski definition) is 1. The summed E-state index contributed by atoms with van der Waals surface area (Å²) in [6.45, 7) is 0.783. The molecule has 1 N–H and O–H groups in total. The van der Waals surface area contributed by atoms with Crippen molar-refractivity contribution in [1.29, 1.82) is 0 Å². The lowest BCUT2D eigenvalue weighted by Gasteiger charge is -2.38. The van der Waals surface area contributed by atoms with Crippen LogP contribution in [-0.2, 0) is 0 Å². The second-order valence-electron chi connectivity index (χ2n) is 6.20. The van der Waals surface area contributed by atoms with Gasteiger partial charge in [0.05, 0.1) is 29.3 Å². The fourth-order valence-corrected chi connectivity index (χ4v) is 3.60. The molecule has 4 rings (SSSR count). The lowest BCUT2D eigenvalue weighted by atomic mass is 10.1. The summed E-state index contributed by atoms with van der Waals surface area (Å²) in [5.41, 5.74) is 1.71. The predicted octanol–water partition coefficient (Wildman–Crippen LogP) is 3.35. The zero-order valence-corrected chi connectivity index (χ0v) is 14.6. The van der Waals surface area contributed by atoms with Gasteiger partial charge < -0.3 is 10.2 Å². The maximum Gasteiger partial charge on any atom is 0.282 e. The van der Waals surface area contributed by atoms with Crippen molar-refractivity contribution in [3.63, 3.8) is 0 Å². The van der Waals surface area contributed by atoms with Crippen molar-refractivity contribution in [1.82, 2.24) is 19.9 Å². The predicted molar refractivity (Wildman–Crippen MR) is 94.5 cm³/mol. The number of amides is 1. The molecule has 1 fully saturated rings. The quantitative estimate of drug-likeness (QED) is 0.757. The van der Waals surface area contributed by atoms with E-state index in [1.807, 2.05) is 19.1 Å². The molecule has 9 heteroatoms. The SMILES string of the molecule is CC(Nc1nc(C(=O)N2CC(F)(F)C2)c2sccc2n1)c1cccnc1. The van der Waals surface area contributed by atoms with Crippen LogP contribution in [0.1, 0.15) is 29.0 Å². The molecule has 1 saturated heterocycles. The van der Waals surface area contributed by atoms with Crippen LogP contribution in [0.2, 0.25) is 0 Å². The summed E-state index contributed by atoms with van der Waals surface area (Å²) in [7, 11) is 0. The number of anilines is 1. The Morgan fingerprint density at radius 1 is 1.35 bits per heavy atom. The standard InChI is InChI=1S/C17H15F2N5OS/c1-10(11-3-2-5-20-7-11)21-16-22-12-4-6-26-14(12)13(23-16)15(25)24-8-17(18,19)9-24/h2-7,10H,8-9H2,1H3,(H,21,22,23). The molecule has 3 aromatic heterocycles. The second kappa shape index (κ2) is 6.24. The zero-order chi connectivity index (χ0) is 18.3. The molecule has 0 saturated carbocycles. The number of rotatable bonds is 4. The van der Waals surface area contributed by atoms with E-state index in [9.17, 15) is 13.6 Å². The van der Waals surface area contributed by atoms with Crippen LogP contribution in [0.15, 0.2) is 36.0 Å². The van der Waals surface area contributed by atoms with Gasteiger partial charge in [0.15, 0.2) is 5.69 Å². The molecule has 26 heavy (non-hydrogen) atoms. The maximum atomic E-state index is 13.1. The summed E-state index contributed by atoms with van der Waals surface area (Å²) >= 11 is 1.32. The minimum atomic E-state index is -2.81. The Hall–Kier alpha value is -2.68. The first-order valence-corrected chi connectivity index (χ1v) is 8.90. The molecular formula is C17H15F2N5OS. The van der Waals surface area contributed by atoms with E-state index in [1.54, 1.807) is 23.8 Å². The molecule has 0 aliphatic carbocycles. The van der Waals surface area contributed by atoms with E-state index in [2.05, 4.69) is 20.3 Å². The van der Waals surface area contributed by atoms with Gasteiger partial charge in [-0.15, -0.1) is 11.3 Å². The minimum Gasteiger partial charge on any atom is -0.348 e. The third-order valence-electron chi connectivity index (χ3n) is 4.17. The minimum absolute atomic E-state index is 0.129. The molecule has 0 bridgehead atoms. The first-order valence-electron chi connectivity index (χ1n) is 8.02. The highest BCUT2D eigenvalue weighted by molar-refractivity contribution is 7.17. The third kappa shape index (κ3) is 3.10. The molecule has 1 aliphatic heterocycles. The van der Waals surface area contributed by atoms with E-state index in [0.29, 0.717) is 10.2 Å². The fourth-order valence-electron chi connectivity index (χ4n) is 2.79. The summed E-state index contributed by atoms with van der Waals surface area (Å²) in [6, 6.07) is 5.40. The Balaban J connectivity index is 1.64. The number of halogens is 2. The molecular weight excluding hydrogens is 360 g/mol. The number of carbonyl (C=O) groups excluding carboxylic acids is 1. The highest BCUT2D eigenvalue weighted by atomic mass is 32.1. The van der Waals surface area contributed by atoms with Crippen LogP contribution in [0.25, 0.3) is 10.2 Å². The second-order valence-corrected chi connectivity index (χ2v) is 7.12. The Kier molecular flexibility index (Phi) is 4.03. The summed E-state index contributed by atoms with van der Waals surface area (Å²) in [4.78, 5) is 26.5. The number of carbonyl (C=O) groups is 1. The van der Waals surface area contributed by atoms with Crippen LogP contribution >= 0.6 is 11.3 Å². The molecule has 134 valence electrons. The van der Waals surface area contributed by atoms with Gasteiger partial charge in [0, 0.05) is 12.4 Å². The molecule has 0 spiro atoms. The molecule has 4 heterocycles. The molecule has 1 unspecified atom stereocenters. The highest BCUT2D eigenvalue weighted by Crippen LogP contribution is 2.31. The van der Waals surface area contributed by atoms with Crippen molar-refractivity contribution in [2.45, 2.75) is 18.9 Å². The normalized spacial score (nSPS) is 17.0. The average molecular weight is 375 g/mol. The van der Waals surface area contributed by atoms with Crippen molar-refractivity contribution in [2.24, 2.45) is 0 Å². The number of thiophene rings is 1. The fraction of sp³-hybridized carbons (Fsp3) is 0.294. The van der Waals surface area contributed by atoms with Gasteiger partial charge in [0.1, 0.15) is 0 Å². The highest BCUT2D eigenvalue weighted by Gasteiger charge is 2.47. The van der Waals surface area contributed by atoms with Crippen LogP contribution < -0.4 is 5.32 Å². The smallest absolute Gasteiger partial charge is 0.282 e. The number of fused-ring (bicyclic) bond motifs is 1. The Morgan fingerprint density at radius 2 is 2.15 bits per heavy atom. The van der Waals surface area contributed by atoms with Crippen LogP contribution in [0, 0.1) is 0 Å². The van der Waals surface area contributed by atoms with E-state index < -0.39 is 24.9 Å². The summed E-state index contributed by atoms with van der Waals surface area (Å²) in [6.07, 6.45) is 3.42.